The van der Waals surface area contributed by atoms with Crippen LogP contribution in [0.2, 0.25) is 6.32 Å². The lowest BCUT2D eigenvalue weighted by Gasteiger charge is -2.39. The molecule has 0 amide bonds. The standard InChI is InChI=1S/C19H30BF2NO2/c21-17-9-8-14(13-18(17)22)5-1-2-6-15-11-16(12-15)19(23)7-3-4-10-20(24)25/h8-9,13,15-16,19,24-25H,1-7,10-12,23H2. The van der Waals surface area contributed by atoms with Crippen LogP contribution in [0.25, 0.3) is 0 Å². The molecule has 1 saturated carbocycles. The van der Waals surface area contributed by atoms with Gasteiger partial charge < -0.3 is 15.8 Å². The molecule has 0 radical (unpaired) electrons. The molecule has 1 aliphatic carbocycles. The molecule has 0 saturated heterocycles. The molecule has 1 aliphatic rings. The maximum Gasteiger partial charge on any atom is 0.451 e. The molecule has 6 heteroatoms. The second kappa shape index (κ2) is 10.2. The molecule has 1 aromatic rings. The summed E-state index contributed by atoms with van der Waals surface area (Å²) in [5, 5.41) is 17.6. The van der Waals surface area contributed by atoms with Gasteiger partial charge in [-0.3, -0.25) is 0 Å². The molecule has 0 bridgehead atoms. The highest BCUT2D eigenvalue weighted by Gasteiger charge is 2.32. The number of benzene rings is 1. The summed E-state index contributed by atoms with van der Waals surface area (Å²) < 4.78 is 26.0. The molecule has 4 N–H and O–H groups in total. The number of hydrogen-bond acceptors (Lipinski definition) is 3. The van der Waals surface area contributed by atoms with Crippen LogP contribution in [0.3, 0.4) is 0 Å². The van der Waals surface area contributed by atoms with Gasteiger partial charge in [0, 0.05) is 6.04 Å². The van der Waals surface area contributed by atoms with Crippen LogP contribution in [0.5, 0.6) is 0 Å². The molecule has 2 rings (SSSR count). The summed E-state index contributed by atoms with van der Waals surface area (Å²) in [7, 11) is -1.20. The van der Waals surface area contributed by atoms with Crippen LogP contribution in [0.15, 0.2) is 18.2 Å². The molecular weight excluding hydrogens is 323 g/mol. The highest BCUT2D eigenvalue weighted by Crippen LogP contribution is 2.39. The Hall–Kier alpha value is -0.975. The minimum Gasteiger partial charge on any atom is -0.427 e. The summed E-state index contributed by atoms with van der Waals surface area (Å²) in [5.74, 6) is -0.189. The topological polar surface area (TPSA) is 66.5 Å². The quantitative estimate of drug-likeness (QED) is 0.420. The van der Waals surface area contributed by atoms with Crippen molar-refractivity contribution in [3.05, 3.63) is 35.4 Å². The lowest BCUT2D eigenvalue weighted by atomic mass is 9.68. The first-order chi connectivity index (χ1) is 12.0. The molecule has 25 heavy (non-hydrogen) atoms. The van der Waals surface area contributed by atoms with Gasteiger partial charge in [-0.2, -0.15) is 0 Å². The molecule has 0 aliphatic heterocycles. The molecule has 0 heterocycles. The van der Waals surface area contributed by atoms with Crippen LogP contribution in [0.1, 0.15) is 56.9 Å². The number of unbranched alkanes of at least 4 members (excludes halogenated alkanes) is 2. The highest BCUT2D eigenvalue weighted by molar-refractivity contribution is 6.40. The van der Waals surface area contributed by atoms with Crippen LogP contribution in [-0.2, 0) is 6.42 Å². The zero-order chi connectivity index (χ0) is 18.2. The van der Waals surface area contributed by atoms with Gasteiger partial charge in [-0.25, -0.2) is 8.78 Å². The van der Waals surface area contributed by atoms with Gasteiger partial charge in [0.15, 0.2) is 11.6 Å². The summed E-state index contributed by atoms with van der Waals surface area (Å²) in [6.45, 7) is 0. The van der Waals surface area contributed by atoms with E-state index >= 15 is 0 Å². The van der Waals surface area contributed by atoms with E-state index in [0.29, 0.717) is 12.2 Å². The molecule has 0 spiro atoms. The largest absolute Gasteiger partial charge is 0.451 e. The van der Waals surface area contributed by atoms with Gasteiger partial charge in [-0.1, -0.05) is 31.7 Å². The van der Waals surface area contributed by atoms with Crippen LogP contribution >= 0.6 is 0 Å². The summed E-state index contributed by atoms with van der Waals surface area (Å²) in [6.07, 6.45) is 9.62. The minimum atomic E-state index is -1.20. The Morgan fingerprint density at radius 3 is 2.52 bits per heavy atom. The number of nitrogens with two attached hydrogens (primary N) is 1. The van der Waals surface area contributed by atoms with Gasteiger partial charge >= 0.3 is 7.12 Å². The van der Waals surface area contributed by atoms with E-state index in [0.717, 1.165) is 50.0 Å². The first-order valence-electron chi connectivity index (χ1n) is 9.51. The number of rotatable bonds is 11. The summed E-state index contributed by atoms with van der Waals surface area (Å²) >= 11 is 0. The molecule has 140 valence electrons. The van der Waals surface area contributed by atoms with Gasteiger partial charge in [-0.15, -0.1) is 0 Å². The molecule has 1 fully saturated rings. The van der Waals surface area contributed by atoms with E-state index in [1.165, 1.54) is 31.4 Å². The Bertz CT molecular complexity index is 524. The lowest BCUT2D eigenvalue weighted by Crippen LogP contribution is -2.39. The maximum atomic E-state index is 13.1. The van der Waals surface area contributed by atoms with E-state index in [9.17, 15) is 8.78 Å². The van der Waals surface area contributed by atoms with Crippen molar-refractivity contribution in [2.45, 2.75) is 70.1 Å². The Kier molecular flexibility index (Phi) is 8.33. The fraction of sp³-hybridized carbons (Fsp3) is 0.684. The van der Waals surface area contributed by atoms with Crippen molar-refractivity contribution in [2.24, 2.45) is 17.6 Å². The fourth-order valence-electron chi connectivity index (χ4n) is 3.77. The smallest absolute Gasteiger partial charge is 0.427 e. The van der Waals surface area contributed by atoms with Gasteiger partial charge in [-0.05, 0) is 68.0 Å². The summed E-state index contributed by atoms with van der Waals surface area (Å²) in [5.41, 5.74) is 7.09. The summed E-state index contributed by atoms with van der Waals surface area (Å²) in [4.78, 5) is 0. The summed E-state index contributed by atoms with van der Waals surface area (Å²) in [6, 6.07) is 4.38. The molecule has 1 atom stereocenters. The van der Waals surface area contributed by atoms with E-state index in [2.05, 4.69) is 0 Å². The molecule has 0 aromatic heterocycles. The Balaban J connectivity index is 1.51. The highest BCUT2D eigenvalue weighted by atomic mass is 19.2. The van der Waals surface area contributed by atoms with Gasteiger partial charge in [0.05, 0.1) is 0 Å². The predicted molar refractivity (Wildman–Crippen MR) is 97.0 cm³/mol. The van der Waals surface area contributed by atoms with E-state index in [1.807, 2.05) is 0 Å². The van der Waals surface area contributed by atoms with Gasteiger partial charge in [0.1, 0.15) is 0 Å². The lowest BCUT2D eigenvalue weighted by molar-refractivity contribution is 0.144. The SMILES string of the molecule is NC(CCCCB(O)O)C1CC(CCCCc2ccc(F)c(F)c2)C1. The average molecular weight is 353 g/mol. The maximum absolute atomic E-state index is 13.1. The molecular formula is C19H30BF2NO2. The van der Waals surface area contributed by atoms with Crippen molar-refractivity contribution in [2.75, 3.05) is 0 Å². The monoisotopic (exact) mass is 353 g/mol. The van der Waals surface area contributed by atoms with Crippen LogP contribution < -0.4 is 5.73 Å². The minimum absolute atomic E-state index is 0.231. The predicted octanol–water partition coefficient (Wildman–Crippen LogP) is 3.67. The van der Waals surface area contributed by atoms with Crippen molar-refractivity contribution >= 4 is 7.12 Å². The molecule has 1 aromatic carbocycles. The average Bonchev–Trinajstić information content (AvgIpc) is 2.52. The third-order valence-corrected chi connectivity index (χ3v) is 5.44. The zero-order valence-electron chi connectivity index (χ0n) is 14.8. The van der Waals surface area contributed by atoms with Crippen molar-refractivity contribution in [1.29, 1.82) is 0 Å². The van der Waals surface area contributed by atoms with Crippen LogP contribution in [-0.4, -0.2) is 23.2 Å². The first kappa shape index (κ1) is 20.3. The second-order valence-corrected chi connectivity index (χ2v) is 7.52. The van der Waals surface area contributed by atoms with E-state index < -0.39 is 18.8 Å². The third kappa shape index (κ3) is 7.04. The fourth-order valence-corrected chi connectivity index (χ4v) is 3.77. The van der Waals surface area contributed by atoms with Gasteiger partial charge in [0.2, 0.25) is 0 Å². The normalized spacial score (nSPS) is 21.0. The van der Waals surface area contributed by atoms with Crippen molar-refractivity contribution in [3.8, 4) is 0 Å². The first-order valence-corrected chi connectivity index (χ1v) is 9.51. The third-order valence-electron chi connectivity index (χ3n) is 5.44. The number of halogens is 2. The van der Waals surface area contributed by atoms with Crippen molar-refractivity contribution in [3.63, 3.8) is 0 Å². The number of hydrogen-bond donors (Lipinski definition) is 3. The Labute approximate surface area is 149 Å². The molecule has 1 unspecified atom stereocenters. The van der Waals surface area contributed by atoms with Crippen molar-refractivity contribution in [1.82, 2.24) is 0 Å². The van der Waals surface area contributed by atoms with Crippen molar-refractivity contribution < 1.29 is 18.8 Å². The van der Waals surface area contributed by atoms with E-state index in [-0.39, 0.29) is 6.04 Å². The van der Waals surface area contributed by atoms with E-state index in [4.69, 9.17) is 15.8 Å². The Morgan fingerprint density at radius 2 is 1.84 bits per heavy atom. The van der Waals surface area contributed by atoms with Gasteiger partial charge in [0.25, 0.3) is 0 Å². The van der Waals surface area contributed by atoms with E-state index in [1.54, 1.807) is 6.07 Å². The van der Waals surface area contributed by atoms with Crippen LogP contribution in [0.4, 0.5) is 8.78 Å². The zero-order valence-corrected chi connectivity index (χ0v) is 14.8. The van der Waals surface area contributed by atoms with Crippen LogP contribution in [0, 0.1) is 23.5 Å². The second-order valence-electron chi connectivity index (χ2n) is 7.52. The Morgan fingerprint density at radius 1 is 1.08 bits per heavy atom. The molecule has 3 nitrogen and oxygen atoms in total. The number of aryl methyl sites for hydroxylation is 1.